The number of nitrogens with one attached hydrogen (secondary N) is 1. The minimum Gasteiger partial charge on any atom is -0.366 e. The monoisotopic (exact) mass is 548 g/mol. The van der Waals surface area contributed by atoms with Gasteiger partial charge in [-0.1, -0.05) is 70.2 Å². The van der Waals surface area contributed by atoms with Gasteiger partial charge in [0.1, 0.15) is 5.70 Å². The van der Waals surface area contributed by atoms with E-state index in [-0.39, 0.29) is 23.1 Å². The van der Waals surface area contributed by atoms with E-state index in [4.69, 9.17) is 5.73 Å². The molecule has 3 aromatic rings. The highest BCUT2D eigenvalue weighted by atomic mass is 79.9. The van der Waals surface area contributed by atoms with Crippen molar-refractivity contribution in [1.29, 1.82) is 0 Å². The minimum absolute atomic E-state index is 0.220. The van der Waals surface area contributed by atoms with Crippen LogP contribution in [0.1, 0.15) is 22.8 Å². The highest BCUT2D eigenvalue weighted by Crippen LogP contribution is 2.31. The zero-order valence-corrected chi connectivity index (χ0v) is 21.0. The molecule has 0 aliphatic carbocycles. The fourth-order valence-corrected chi connectivity index (χ4v) is 4.54. The summed E-state index contributed by atoms with van der Waals surface area (Å²) >= 11 is 4.56. The third-order valence-electron chi connectivity index (χ3n) is 5.12. The first kappa shape index (κ1) is 24.4. The largest absolute Gasteiger partial charge is 0.366 e. The Labute approximate surface area is 215 Å². The molecule has 3 aromatic carbocycles. The van der Waals surface area contributed by atoms with Gasteiger partial charge in [-0.25, -0.2) is 4.99 Å². The third-order valence-corrected chi connectivity index (χ3v) is 6.70. The van der Waals surface area contributed by atoms with E-state index >= 15 is 0 Å². The van der Waals surface area contributed by atoms with Gasteiger partial charge in [0.15, 0.2) is 5.17 Å². The highest BCUT2D eigenvalue weighted by molar-refractivity contribution is 9.10. The average Bonchev–Trinajstić information content (AvgIpc) is 3.15. The maximum atomic E-state index is 13.3. The number of halogens is 1. The average molecular weight is 549 g/mol. The van der Waals surface area contributed by atoms with Crippen molar-refractivity contribution < 1.29 is 14.4 Å². The summed E-state index contributed by atoms with van der Waals surface area (Å²) in [4.78, 5) is 44.0. The molecule has 7 nitrogen and oxygen atoms in total. The number of amidine groups is 1. The Hall–Kier alpha value is -3.69. The minimum atomic E-state index is -0.634. The summed E-state index contributed by atoms with van der Waals surface area (Å²) in [7, 11) is 0. The molecular formula is C26H21BrN4O3S. The van der Waals surface area contributed by atoms with Crippen LogP contribution < -0.4 is 16.0 Å². The van der Waals surface area contributed by atoms with E-state index < -0.39 is 11.2 Å². The van der Waals surface area contributed by atoms with Gasteiger partial charge < -0.3 is 11.1 Å². The number of amides is 3. The number of nitrogens with two attached hydrogens (primary N) is 1. The Bertz CT molecular complexity index is 1340. The molecule has 0 spiro atoms. The predicted molar refractivity (Wildman–Crippen MR) is 144 cm³/mol. The number of aliphatic imine (C=N–C) groups is 1. The summed E-state index contributed by atoms with van der Waals surface area (Å²) in [6, 6.07) is 23.2. The van der Waals surface area contributed by atoms with Crippen molar-refractivity contribution >= 4 is 68.0 Å². The number of nitrogens with zero attached hydrogens (tertiary/aromatic N) is 2. The lowest BCUT2D eigenvalue weighted by molar-refractivity contribution is -0.115. The fourth-order valence-electron chi connectivity index (χ4n) is 3.35. The molecule has 0 bridgehead atoms. The summed E-state index contributed by atoms with van der Waals surface area (Å²) in [5, 5.41) is 2.51. The number of anilines is 2. The van der Waals surface area contributed by atoms with E-state index in [0.717, 1.165) is 21.8 Å². The number of para-hydroxylation sites is 2. The van der Waals surface area contributed by atoms with E-state index in [0.29, 0.717) is 16.5 Å². The van der Waals surface area contributed by atoms with Gasteiger partial charge in [-0.2, -0.15) is 0 Å². The molecular weight excluding hydrogens is 528 g/mol. The number of carbonyl (C=O) groups excluding carboxylic acids is 3. The molecule has 0 saturated heterocycles. The second-order valence-electron chi connectivity index (χ2n) is 7.61. The van der Waals surface area contributed by atoms with Gasteiger partial charge in [0.2, 0.25) is 5.91 Å². The van der Waals surface area contributed by atoms with Crippen LogP contribution >= 0.6 is 27.7 Å². The number of thioether (sulfide) groups is 1. The predicted octanol–water partition coefficient (Wildman–Crippen LogP) is 5.05. The van der Waals surface area contributed by atoms with Crippen LogP contribution in [-0.2, 0) is 9.59 Å². The first-order valence-corrected chi connectivity index (χ1v) is 12.3. The number of primary amides is 1. The number of hydrogen-bond acceptors (Lipinski definition) is 5. The molecule has 9 heteroatoms. The van der Waals surface area contributed by atoms with E-state index in [2.05, 4.69) is 26.2 Å². The highest BCUT2D eigenvalue weighted by Gasteiger charge is 2.34. The summed E-state index contributed by atoms with van der Waals surface area (Å²) in [6.07, 6.45) is 1.71. The Balaban J connectivity index is 1.60. The van der Waals surface area contributed by atoms with Crippen molar-refractivity contribution in [2.24, 2.45) is 10.7 Å². The smallest absolute Gasteiger partial charge is 0.283 e. The molecule has 0 fully saturated rings. The van der Waals surface area contributed by atoms with Crippen molar-refractivity contribution in [3.8, 4) is 0 Å². The number of carbonyl (C=O) groups is 3. The summed E-state index contributed by atoms with van der Waals surface area (Å²) in [6.45, 7) is 1.71. The van der Waals surface area contributed by atoms with Crippen molar-refractivity contribution in [2.45, 2.75) is 12.2 Å². The molecule has 1 aliphatic heterocycles. The Morgan fingerprint density at radius 1 is 1.03 bits per heavy atom. The summed E-state index contributed by atoms with van der Waals surface area (Å²) in [5.41, 5.74) is 7.71. The number of hydrogen-bond donors (Lipinski definition) is 2. The van der Waals surface area contributed by atoms with Gasteiger partial charge in [-0.05, 0) is 55.0 Å². The topological polar surface area (TPSA) is 105 Å². The Morgan fingerprint density at radius 3 is 2.37 bits per heavy atom. The van der Waals surface area contributed by atoms with Gasteiger partial charge in [0.05, 0.1) is 22.2 Å². The van der Waals surface area contributed by atoms with Crippen molar-refractivity contribution in [2.75, 3.05) is 10.2 Å². The maximum Gasteiger partial charge on any atom is 0.283 e. The first-order valence-electron chi connectivity index (χ1n) is 10.7. The number of rotatable bonds is 6. The zero-order chi connectivity index (χ0) is 24.9. The van der Waals surface area contributed by atoms with Crippen LogP contribution in [0.2, 0.25) is 0 Å². The zero-order valence-electron chi connectivity index (χ0n) is 18.6. The third kappa shape index (κ3) is 5.70. The number of benzene rings is 3. The van der Waals surface area contributed by atoms with Gasteiger partial charge in [-0.15, -0.1) is 0 Å². The van der Waals surface area contributed by atoms with Crippen molar-refractivity contribution in [1.82, 2.24) is 0 Å². The standard InChI is InChI=1S/C26H21BrN4O3S/c1-16(24(33)29-21-10-6-5-9-20(21)23(28)32)35-26-30-22(15-17-11-13-18(27)14-12-17)25(34)31(26)19-7-3-2-4-8-19/h2-16H,1H3,(H2,28,32)(H,29,33)/b22-15+. The molecule has 0 aromatic heterocycles. The Morgan fingerprint density at radius 2 is 1.69 bits per heavy atom. The lowest BCUT2D eigenvalue weighted by Gasteiger charge is -2.20. The van der Waals surface area contributed by atoms with E-state index in [1.165, 1.54) is 4.90 Å². The van der Waals surface area contributed by atoms with Crippen molar-refractivity contribution in [3.05, 3.63) is 100 Å². The van der Waals surface area contributed by atoms with Gasteiger partial charge >= 0.3 is 0 Å². The normalized spacial score (nSPS) is 15.1. The molecule has 1 heterocycles. The molecule has 0 radical (unpaired) electrons. The van der Waals surface area contributed by atoms with Crippen molar-refractivity contribution in [3.63, 3.8) is 0 Å². The van der Waals surface area contributed by atoms with Crippen LogP contribution in [0.5, 0.6) is 0 Å². The van der Waals surface area contributed by atoms with Crippen LogP contribution in [-0.4, -0.2) is 28.1 Å². The van der Waals surface area contributed by atoms with Gasteiger partial charge in [0.25, 0.3) is 11.8 Å². The molecule has 3 amide bonds. The van der Waals surface area contributed by atoms with Crippen LogP contribution in [0.4, 0.5) is 11.4 Å². The maximum absolute atomic E-state index is 13.3. The molecule has 1 unspecified atom stereocenters. The van der Waals surface area contributed by atoms with Crippen LogP contribution in [0.3, 0.4) is 0 Å². The van der Waals surface area contributed by atoms with Gasteiger partial charge in [0, 0.05) is 4.47 Å². The second kappa shape index (κ2) is 10.7. The SMILES string of the molecule is CC(SC1=N/C(=C/c2ccc(Br)cc2)C(=O)N1c1ccccc1)C(=O)Nc1ccccc1C(N)=O. The van der Waals surface area contributed by atoms with Crippen LogP contribution in [0.15, 0.2) is 94.0 Å². The van der Waals surface area contributed by atoms with Crippen LogP contribution in [0, 0.1) is 0 Å². The molecule has 0 saturated carbocycles. The molecule has 3 N–H and O–H groups in total. The summed E-state index contributed by atoms with van der Waals surface area (Å²) in [5.74, 6) is -1.27. The molecule has 1 aliphatic rings. The van der Waals surface area contributed by atoms with Crippen LogP contribution in [0.25, 0.3) is 6.08 Å². The quantitative estimate of drug-likeness (QED) is 0.420. The lowest BCUT2D eigenvalue weighted by Crippen LogP contribution is -2.33. The van der Waals surface area contributed by atoms with E-state index in [1.54, 1.807) is 37.3 Å². The molecule has 176 valence electrons. The molecule has 4 rings (SSSR count). The first-order chi connectivity index (χ1) is 16.8. The van der Waals surface area contributed by atoms with Gasteiger partial charge in [-0.3, -0.25) is 19.3 Å². The van der Waals surface area contributed by atoms with E-state index in [1.807, 2.05) is 54.6 Å². The summed E-state index contributed by atoms with van der Waals surface area (Å²) < 4.78 is 0.931. The molecule has 1 atom stereocenters. The second-order valence-corrected chi connectivity index (χ2v) is 9.83. The fraction of sp³-hybridized carbons (Fsp3) is 0.0769. The van der Waals surface area contributed by atoms with E-state index in [9.17, 15) is 14.4 Å². The Kier molecular flexibility index (Phi) is 7.48. The lowest BCUT2D eigenvalue weighted by atomic mass is 10.1. The molecule has 35 heavy (non-hydrogen) atoms.